The molecular formula is C28H30N8O3S. The molecule has 2 aromatic carbocycles. The zero-order valence-corrected chi connectivity index (χ0v) is 23.1. The first-order chi connectivity index (χ1) is 19.3. The molecule has 1 saturated heterocycles. The minimum Gasteiger partial charge on any atom is -0.351 e. The Balaban J connectivity index is 1.25. The molecule has 0 bridgehead atoms. The number of piperazine rings is 1. The molecule has 0 radical (unpaired) electrons. The first-order valence-electron chi connectivity index (χ1n) is 13.0. The van der Waals surface area contributed by atoms with Crippen molar-refractivity contribution in [2.24, 2.45) is 0 Å². The molecule has 12 heteroatoms. The highest BCUT2D eigenvalue weighted by atomic mass is 32.2. The van der Waals surface area contributed by atoms with Crippen molar-refractivity contribution in [1.82, 2.24) is 29.7 Å². The number of nitrogens with one attached hydrogen (secondary N) is 3. The molecule has 0 saturated carbocycles. The van der Waals surface area contributed by atoms with E-state index in [2.05, 4.69) is 20.6 Å². The van der Waals surface area contributed by atoms with Crippen molar-refractivity contribution in [2.45, 2.75) is 6.54 Å². The van der Waals surface area contributed by atoms with Gasteiger partial charge in [0.1, 0.15) is 11.3 Å². The summed E-state index contributed by atoms with van der Waals surface area (Å²) in [7, 11) is -1.85. The Morgan fingerprint density at radius 2 is 1.88 bits per heavy atom. The predicted molar refractivity (Wildman–Crippen MR) is 157 cm³/mol. The highest BCUT2D eigenvalue weighted by molar-refractivity contribution is 7.92. The number of sulfonamides is 1. The number of carbonyl (C=O) groups is 1. The lowest BCUT2D eigenvalue weighted by Gasteiger charge is -2.26. The van der Waals surface area contributed by atoms with Gasteiger partial charge in [-0.05, 0) is 42.0 Å². The number of hydrogen-bond donors (Lipinski definition) is 3. The van der Waals surface area contributed by atoms with Gasteiger partial charge in [0.15, 0.2) is 0 Å². The summed E-state index contributed by atoms with van der Waals surface area (Å²) in [6, 6.07) is 17.1. The van der Waals surface area contributed by atoms with Crippen LogP contribution < -0.4 is 14.9 Å². The number of rotatable bonds is 7. The fourth-order valence-electron chi connectivity index (χ4n) is 4.97. The Labute approximate surface area is 231 Å². The fourth-order valence-corrected chi connectivity index (χ4v) is 5.50. The maximum Gasteiger partial charge on any atom is 0.270 e. The van der Waals surface area contributed by atoms with Gasteiger partial charge in [0.25, 0.3) is 5.91 Å². The summed E-state index contributed by atoms with van der Waals surface area (Å²) in [5.41, 5.74) is 4.45. The number of amides is 1. The van der Waals surface area contributed by atoms with Gasteiger partial charge in [-0.15, -0.1) is 0 Å². The second kappa shape index (κ2) is 10.3. The fraction of sp³-hybridized carbons (Fsp3) is 0.250. The number of para-hydroxylation sites is 1. The van der Waals surface area contributed by atoms with Crippen LogP contribution in [-0.2, 0) is 16.6 Å². The molecule has 40 heavy (non-hydrogen) atoms. The van der Waals surface area contributed by atoms with E-state index < -0.39 is 10.0 Å². The van der Waals surface area contributed by atoms with Gasteiger partial charge in [-0.3, -0.25) is 9.10 Å². The lowest BCUT2D eigenvalue weighted by atomic mass is 10.2. The molecule has 1 amide bonds. The largest absolute Gasteiger partial charge is 0.351 e. The van der Waals surface area contributed by atoms with Gasteiger partial charge in [0.2, 0.25) is 16.0 Å². The van der Waals surface area contributed by atoms with Crippen molar-refractivity contribution in [3.63, 3.8) is 0 Å². The van der Waals surface area contributed by atoms with Gasteiger partial charge >= 0.3 is 0 Å². The number of hydrogen-bond acceptors (Lipinski definition) is 7. The number of nitrogens with zero attached hydrogens (tertiary/aromatic N) is 5. The summed E-state index contributed by atoms with van der Waals surface area (Å²) in [6.07, 6.45) is 4.87. The van der Waals surface area contributed by atoms with E-state index in [0.29, 0.717) is 37.0 Å². The highest BCUT2D eigenvalue weighted by Crippen LogP contribution is 2.26. The lowest BCUT2D eigenvalue weighted by molar-refractivity contribution is 0.0731. The first-order valence-corrected chi connectivity index (χ1v) is 14.8. The van der Waals surface area contributed by atoms with Crippen LogP contribution in [0.5, 0.6) is 0 Å². The van der Waals surface area contributed by atoms with Crippen LogP contribution in [0.1, 0.15) is 16.1 Å². The van der Waals surface area contributed by atoms with E-state index in [9.17, 15) is 13.2 Å². The molecule has 3 N–H and O–H groups in total. The van der Waals surface area contributed by atoms with E-state index in [-0.39, 0.29) is 5.91 Å². The summed E-state index contributed by atoms with van der Waals surface area (Å²) in [4.78, 5) is 27.2. The number of aromatic amines is 1. The standard InChI is InChI=1S/C28H30N8O3S/c1-34(40(2,38)39)25-6-4-3-5-20(25)18-36-12-9-19-17-30-28(33-26(19)36)31-22-7-8-23-21(15-22)16-24(32-23)27(37)35-13-10-29-11-14-35/h3-9,12,15-17,29,32H,10-11,13-14,18H2,1-2H3,(H,30,31,33). The van der Waals surface area contributed by atoms with Crippen molar-refractivity contribution >= 4 is 55.2 Å². The zero-order valence-electron chi connectivity index (χ0n) is 22.3. The van der Waals surface area contributed by atoms with Crippen LogP contribution in [0.15, 0.2) is 67.0 Å². The molecule has 1 fully saturated rings. The summed E-state index contributed by atoms with van der Waals surface area (Å²) < 4.78 is 27.6. The maximum atomic E-state index is 12.9. The molecule has 11 nitrogen and oxygen atoms in total. The van der Waals surface area contributed by atoms with Crippen LogP contribution in [-0.4, -0.2) is 78.2 Å². The molecule has 1 aliphatic rings. The molecule has 0 unspecified atom stereocenters. The number of aromatic nitrogens is 4. The van der Waals surface area contributed by atoms with E-state index in [0.717, 1.165) is 46.3 Å². The minimum atomic E-state index is -3.40. The third-order valence-corrected chi connectivity index (χ3v) is 8.37. The molecule has 6 rings (SSSR count). The van der Waals surface area contributed by atoms with Gasteiger partial charge in [-0.2, -0.15) is 4.98 Å². The Bertz CT molecular complexity index is 1820. The quantitative estimate of drug-likeness (QED) is 0.280. The van der Waals surface area contributed by atoms with E-state index >= 15 is 0 Å². The zero-order chi connectivity index (χ0) is 27.9. The molecule has 5 aromatic rings. The Kier molecular flexibility index (Phi) is 6.64. The summed E-state index contributed by atoms with van der Waals surface area (Å²) in [5.74, 6) is 0.437. The predicted octanol–water partition coefficient (Wildman–Crippen LogP) is 3.15. The van der Waals surface area contributed by atoms with Crippen LogP contribution in [0.4, 0.5) is 17.3 Å². The van der Waals surface area contributed by atoms with Crippen LogP contribution >= 0.6 is 0 Å². The number of fused-ring (bicyclic) bond motifs is 2. The number of benzene rings is 2. The van der Waals surface area contributed by atoms with E-state index in [1.54, 1.807) is 19.3 Å². The van der Waals surface area contributed by atoms with E-state index in [1.807, 2.05) is 64.2 Å². The number of H-pyrrole nitrogens is 1. The van der Waals surface area contributed by atoms with Crippen molar-refractivity contribution in [3.8, 4) is 0 Å². The van der Waals surface area contributed by atoms with Gasteiger partial charge in [-0.1, -0.05) is 18.2 Å². The average Bonchev–Trinajstić information content (AvgIpc) is 3.56. The minimum absolute atomic E-state index is 0.00561. The molecule has 0 atom stereocenters. The summed E-state index contributed by atoms with van der Waals surface area (Å²) >= 11 is 0. The van der Waals surface area contributed by atoms with E-state index in [4.69, 9.17) is 4.98 Å². The summed E-state index contributed by atoms with van der Waals surface area (Å²) in [5, 5.41) is 8.33. The van der Waals surface area contributed by atoms with Gasteiger partial charge < -0.3 is 25.1 Å². The average molecular weight is 559 g/mol. The smallest absolute Gasteiger partial charge is 0.270 e. The molecule has 3 aromatic heterocycles. The first kappa shape index (κ1) is 25.8. The number of anilines is 3. The monoisotopic (exact) mass is 558 g/mol. The van der Waals surface area contributed by atoms with Crippen molar-refractivity contribution in [1.29, 1.82) is 0 Å². The Hall–Kier alpha value is -4.42. The Morgan fingerprint density at radius 3 is 2.67 bits per heavy atom. The SMILES string of the molecule is CN(c1ccccc1Cn1ccc2cnc(Nc3ccc4[nH]c(C(=O)N5CCNCC5)cc4c3)nc21)S(C)(=O)=O. The van der Waals surface area contributed by atoms with Crippen molar-refractivity contribution < 1.29 is 13.2 Å². The molecule has 1 aliphatic heterocycles. The van der Waals surface area contributed by atoms with Gasteiger partial charge in [0.05, 0.1) is 18.5 Å². The second-order valence-electron chi connectivity index (χ2n) is 9.93. The van der Waals surface area contributed by atoms with Crippen LogP contribution in [0.2, 0.25) is 0 Å². The maximum absolute atomic E-state index is 12.9. The highest BCUT2D eigenvalue weighted by Gasteiger charge is 2.20. The van der Waals surface area contributed by atoms with Crippen LogP contribution in [0.25, 0.3) is 21.9 Å². The molecular weight excluding hydrogens is 528 g/mol. The van der Waals surface area contributed by atoms with Crippen molar-refractivity contribution in [2.75, 3.05) is 49.1 Å². The summed E-state index contributed by atoms with van der Waals surface area (Å²) in [6.45, 7) is 3.44. The van der Waals surface area contributed by atoms with Crippen molar-refractivity contribution in [3.05, 3.63) is 78.2 Å². The third-order valence-electron chi connectivity index (χ3n) is 7.18. The van der Waals surface area contributed by atoms with E-state index in [1.165, 1.54) is 10.6 Å². The van der Waals surface area contributed by atoms with Crippen LogP contribution in [0, 0.1) is 0 Å². The van der Waals surface area contributed by atoms with Gasteiger partial charge in [-0.25, -0.2) is 13.4 Å². The third kappa shape index (κ3) is 5.10. The second-order valence-corrected chi connectivity index (χ2v) is 11.9. The molecule has 4 heterocycles. The Morgan fingerprint density at radius 1 is 1.07 bits per heavy atom. The molecule has 0 aliphatic carbocycles. The van der Waals surface area contributed by atoms with Crippen LogP contribution in [0.3, 0.4) is 0 Å². The topological polar surface area (TPSA) is 128 Å². The molecule has 206 valence electrons. The molecule has 0 spiro atoms. The lowest BCUT2D eigenvalue weighted by Crippen LogP contribution is -2.46. The number of carbonyl (C=O) groups excluding carboxylic acids is 1. The van der Waals surface area contributed by atoms with Gasteiger partial charge in [0, 0.05) is 67.6 Å². The normalized spacial score (nSPS) is 14.1.